The minimum Gasteiger partial charge on any atom is -0.494 e. The monoisotopic (exact) mass is 265 g/mol. The van der Waals surface area contributed by atoms with Gasteiger partial charge in [-0.2, -0.15) is 0 Å². The summed E-state index contributed by atoms with van der Waals surface area (Å²) in [5.74, 6) is -0.773. The Kier molecular flexibility index (Phi) is 5.36. The van der Waals surface area contributed by atoms with E-state index in [2.05, 4.69) is 4.74 Å². The number of ether oxygens (including phenoxy) is 2. The number of anilines is 1. The Balaban J connectivity index is 2.88. The van der Waals surface area contributed by atoms with Crippen molar-refractivity contribution in [3.05, 3.63) is 23.8 Å². The maximum absolute atomic E-state index is 11.8. The van der Waals surface area contributed by atoms with Crippen LogP contribution in [0.3, 0.4) is 0 Å². The van der Waals surface area contributed by atoms with E-state index in [-0.39, 0.29) is 6.61 Å². The average Bonchev–Trinajstić information content (AvgIpc) is 2.40. The number of carbonyl (C=O) groups excluding carboxylic acids is 2. The third-order valence-corrected chi connectivity index (χ3v) is 2.60. The van der Waals surface area contributed by atoms with E-state index in [1.165, 1.54) is 11.9 Å². The van der Waals surface area contributed by atoms with Gasteiger partial charge in [-0.05, 0) is 44.5 Å². The second-order valence-corrected chi connectivity index (χ2v) is 3.97. The zero-order valence-corrected chi connectivity index (χ0v) is 11.7. The molecule has 1 amide bonds. The van der Waals surface area contributed by atoms with Gasteiger partial charge in [0.15, 0.2) is 0 Å². The molecule has 19 heavy (non-hydrogen) atoms. The van der Waals surface area contributed by atoms with Gasteiger partial charge in [0.25, 0.3) is 0 Å². The normalized spacial score (nSPS) is 9.89. The van der Waals surface area contributed by atoms with E-state index in [1.54, 1.807) is 25.1 Å². The molecule has 0 aromatic heterocycles. The number of esters is 1. The third-order valence-electron chi connectivity index (χ3n) is 2.60. The Hall–Kier alpha value is -2.04. The highest BCUT2D eigenvalue weighted by Gasteiger charge is 2.21. The van der Waals surface area contributed by atoms with Crippen molar-refractivity contribution in [1.82, 2.24) is 0 Å². The van der Waals surface area contributed by atoms with E-state index in [0.717, 1.165) is 11.3 Å². The highest BCUT2D eigenvalue weighted by molar-refractivity contribution is 6.37. The molecule has 0 saturated heterocycles. The lowest BCUT2D eigenvalue weighted by atomic mass is 10.2. The molecule has 0 unspecified atom stereocenters. The summed E-state index contributed by atoms with van der Waals surface area (Å²) in [4.78, 5) is 24.4. The third kappa shape index (κ3) is 3.71. The van der Waals surface area contributed by atoms with Gasteiger partial charge < -0.3 is 14.4 Å². The van der Waals surface area contributed by atoms with Crippen molar-refractivity contribution in [2.24, 2.45) is 0 Å². The summed E-state index contributed by atoms with van der Waals surface area (Å²) in [6.07, 6.45) is 0. The fraction of sp³-hybridized carbons (Fsp3) is 0.429. The number of benzene rings is 1. The fourth-order valence-corrected chi connectivity index (χ4v) is 1.61. The Bertz CT molecular complexity index is 471. The maximum atomic E-state index is 11.8. The standard InChI is InChI=1S/C14H19NO4/c1-5-18-12-8-7-11(9-10(12)3)15(4)13(16)14(17)19-6-2/h7-9H,5-6H2,1-4H3. The van der Waals surface area contributed by atoms with Crippen LogP contribution in [0.2, 0.25) is 0 Å². The molecule has 0 heterocycles. The van der Waals surface area contributed by atoms with E-state index < -0.39 is 11.9 Å². The number of nitrogens with zero attached hydrogens (tertiary/aromatic N) is 1. The van der Waals surface area contributed by atoms with Gasteiger partial charge in [0.1, 0.15) is 5.75 Å². The van der Waals surface area contributed by atoms with Crippen LogP contribution in [0.4, 0.5) is 5.69 Å². The summed E-state index contributed by atoms with van der Waals surface area (Å²) < 4.78 is 10.1. The molecule has 0 aliphatic carbocycles. The van der Waals surface area contributed by atoms with Crippen molar-refractivity contribution in [2.75, 3.05) is 25.2 Å². The summed E-state index contributed by atoms with van der Waals surface area (Å²) >= 11 is 0. The van der Waals surface area contributed by atoms with E-state index in [0.29, 0.717) is 12.3 Å². The zero-order valence-electron chi connectivity index (χ0n) is 11.7. The predicted octanol–water partition coefficient (Wildman–Crippen LogP) is 1.92. The van der Waals surface area contributed by atoms with Crippen molar-refractivity contribution in [1.29, 1.82) is 0 Å². The molecule has 5 nitrogen and oxygen atoms in total. The van der Waals surface area contributed by atoms with Crippen LogP contribution >= 0.6 is 0 Å². The number of rotatable bonds is 4. The molecule has 0 aliphatic rings. The summed E-state index contributed by atoms with van der Waals surface area (Å²) in [6.45, 7) is 6.21. The lowest BCUT2D eigenvalue weighted by Crippen LogP contribution is -2.34. The molecule has 5 heteroatoms. The predicted molar refractivity (Wildman–Crippen MR) is 72.4 cm³/mol. The van der Waals surface area contributed by atoms with Crippen LogP contribution in [0.5, 0.6) is 5.75 Å². The molecule has 0 radical (unpaired) electrons. The molecule has 0 fully saturated rings. The first-order chi connectivity index (χ1) is 9.01. The van der Waals surface area contributed by atoms with Crippen molar-refractivity contribution in [3.8, 4) is 5.75 Å². The summed E-state index contributed by atoms with van der Waals surface area (Å²) in [7, 11) is 1.54. The molecule has 0 aliphatic heterocycles. The fourth-order valence-electron chi connectivity index (χ4n) is 1.61. The van der Waals surface area contributed by atoms with Gasteiger partial charge in [0, 0.05) is 12.7 Å². The van der Waals surface area contributed by atoms with E-state index >= 15 is 0 Å². The van der Waals surface area contributed by atoms with Gasteiger partial charge in [-0.3, -0.25) is 4.79 Å². The molecule has 1 aromatic carbocycles. The Morgan fingerprint density at radius 1 is 1.21 bits per heavy atom. The molecule has 0 saturated carbocycles. The van der Waals surface area contributed by atoms with Crippen molar-refractivity contribution in [3.63, 3.8) is 0 Å². The SMILES string of the molecule is CCOC(=O)C(=O)N(C)c1ccc(OCC)c(C)c1. The van der Waals surface area contributed by atoms with Gasteiger partial charge in [0.05, 0.1) is 13.2 Å². The second-order valence-electron chi connectivity index (χ2n) is 3.97. The van der Waals surface area contributed by atoms with E-state index in [4.69, 9.17) is 4.74 Å². The molecule has 0 spiro atoms. The first kappa shape index (κ1) is 15.0. The molecule has 1 aromatic rings. The van der Waals surface area contributed by atoms with Crippen LogP contribution in [0.25, 0.3) is 0 Å². The Morgan fingerprint density at radius 2 is 1.89 bits per heavy atom. The molecule has 0 atom stereocenters. The Morgan fingerprint density at radius 3 is 2.42 bits per heavy atom. The van der Waals surface area contributed by atoms with Gasteiger partial charge >= 0.3 is 11.9 Å². The quantitative estimate of drug-likeness (QED) is 0.616. The largest absolute Gasteiger partial charge is 0.494 e. The van der Waals surface area contributed by atoms with Crippen LogP contribution in [0, 0.1) is 6.92 Å². The molecular weight excluding hydrogens is 246 g/mol. The lowest BCUT2D eigenvalue weighted by Gasteiger charge is -2.17. The average molecular weight is 265 g/mol. The minimum absolute atomic E-state index is 0.181. The molecular formula is C14H19NO4. The van der Waals surface area contributed by atoms with Crippen LogP contribution in [0.1, 0.15) is 19.4 Å². The lowest BCUT2D eigenvalue weighted by molar-refractivity contribution is -0.153. The van der Waals surface area contributed by atoms with Crippen molar-refractivity contribution >= 4 is 17.6 Å². The van der Waals surface area contributed by atoms with Gasteiger partial charge in [-0.25, -0.2) is 4.79 Å². The van der Waals surface area contributed by atoms with Gasteiger partial charge in [-0.1, -0.05) is 0 Å². The molecule has 1 rings (SSSR count). The van der Waals surface area contributed by atoms with E-state index in [9.17, 15) is 9.59 Å². The first-order valence-electron chi connectivity index (χ1n) is 6.19. The van der Waals surface area contributed by atoms with Crippen LogP contribution in [-0.4, -0.2) is 32.1 Å². The van der Waals surface area contributed by atoms with Crippen LogP contribution in [-0.2, 0) is 14.3 Å². The Labute approximate surface area is 113 Å². The summed E-state index contributed by atoms with van der Waals surface area (Å²) in [5.41, 5.74) is 1.53. The van der Waals surface area contributed by atoms with Gasteiger partial charge in [0.2, 0.25) is 0 Å². The number of amides is 1. The zero-order chi connectivity index (χ0) is 14.4. The first-order valence-corrected chi connectivity index (χ1v) is 6.19. The van der Waals surface area contributed by atoms with Crippen LogP contribution < -0.4 is 9.64 Å². The maximum Gasteiger partial charge on any atom is 0.397 e. The summed E-state index contributed by atoms with van der Waals surface area (Å²) in [6, 6.07) is 5.31. The minimum atomic E-state index is -0.850. The number of aryl methyl sites for hydroxylation is 1. The number of hydrogen-bond donors (Lipinski definition) is 0. The second kappa shape index (κ2) is 6.78. The highest BCUT2D eigenvalue weighted by Crippen LogP contribution is 2.24. The van der Waals surface area contributed by atoms with E-state index in [1.807, 2.05) is 13.8 Å². The number of hydrogen-bond acceptors (Lipinski definition) is 4. The topological polar surface area (TPSA) is 55.8 Å². The van der Waals surface area contributed by atoms with Crippen LogP contribution in [0.15, 0.2) is 18.2 Å². The molecule has 104 valence electrons. The highest BCUT2D eigenvalue weighted by atomic mass is 16.5. The smallest absolute Gasteiger partial charge is 0.397 e. The molecule has 0 bridgehead atoms. The number of carbonyl (C=O) groups is 2. The van der Waals surface area contributed by atoms with Crippen molar-refractivity contribution in [2.45, 2.75) is 20.8 Å². The van der Waals surface area contributed by atoms with Crippen molar-refractivity contribution < 1.29 is 19.1 Å². The number of likely N-dealkylation sites (N-methyl/N-ethyl adjacent to an activating group) is 1. The van der Waals surface area contributed by atoms with Gasteiger partial charge in [-0.15, -0.1) is 0 Å². The summed E-state index contributed by atoms with van der Waals surface area (Å²) in [5, 5.41) is 0. The molecule has 0 N–H and O–H groups in total.